The molecule has 36 heavy (non-hydrogen) atoms. The molecule has 1 fully saturated rings. The Morgan fingerprint density at radius 2 is 2.03 bits per heavy atom. The number of pyridine rings is 1. The van der Waals surface area contributed by atoms with Crippen LogP contribution in [0.4, 0.5) is 8.78 Å². The van der Waals surface area contributed by atoms with Gasteiger partial charge in [0.05, 0.1) is 19.3 Å². The van der Waals surface area contributed by atoms with Gasteiger partial charge >= 0.3 is 0 Å². The Balaban J connectivity index is 1.47. The molecule has 1 aliphatic heterocycles. The van der Waals surface area contributed by atoms with Gasteiger partial charge in [0.25, 0.3) is 0 Å². The first kappa shape index (κ1) is 24.2. The molecule has 1 amide bonds. The number of benzene rings is 1. The van der Waals surface area contributed by atoms with Gasteiger partial charge in [-0.2, -0.15) is 5.10 Å². The van der Waals surface area contributed by atoms with Crippen molar-refractivity contribution in [3.63, 3.8) is 0 Å². The van der Waals surface area contributed by atoms with E-state index in [1.165, 1.54) is 6.33 Å². The molecule has 4 aromatic rings. The number of rotatable bonds is 7. The minimum atomic E-state index is -2.49. The van der Waals surface area contributed by atoms with Crippen molar-refractivity contribution in [1.29, 1.82) is 0 Å². The molecule has 0 saturated carbocycles. The topological polar surface area (TPSA) is 78.8 Å². The molecule has 8 nitrogen and oxygen atoms in total. The number of amides is 1. The Morgan fingerprint density at radius 1 is 1.25 bits per heavy atom. The van der Waals surface area contributed by atoms with Crippen molar-refractivity contribution in [2.45, 2.75) is 31.6 Å². The zero-order valence-electron chi connectivity index (χ0n) is 20.7. The molecule has 0 aliphatic carbocycles. The summed E-state index contributed by atoms with van der Waals surface area (Å²) in [6.45, 7) is 2.10. The molecule has 0 unspecified atom stereocenters. The largest absolute Gasteiger partial charge is 0.493 e. The molecule has 0 atom stereocenters. The van der Waals surface area contributed by atoms with Gasteiger partial charge in [-0.1, -0.05) is 6.07 Å². The minimum Gasteiger partial charge on any atom is -0.493 e. The van der Waals surface area contributed by atoms with E-state index in [1.807, 2.05) is 6.07 Å². The molecule has 0 bridgehead atoms. The number of carbonyl (C=O) groups is 1. The van der Waals surface area contributed by atoms with Crippen molar-refractivity contribution < 1.29 is 18.3 Å². The average molecular weight is 497 g/mol. The van der Waals surface area contributed by atoms with Gasteiger partial charge < -0.3 is 14.6 Å². The summed E-state index contributed by atoms with van der Waals surface area (Å²) in [5, 5.41) is 5.01. The number of halogens is 2. The number of carbonyl (C=O) groups excluding carboxylic acids is 1. The molecule has 0 spiro atoms. The minimum absolute atomic E-state index is 0.104. The van der Waals surface area contributed by atoms with Gasteiger partial charge in [0.15, 0.2) is 11.4 Å². The van der Waals surface area contributed by atoms with Crippen LogP contribution >= 0.6 is 0 Å². The van der Waals surface area contributed by atoms with Crippen LogP contribution in [0.2, 0.25) is 0 Å². The summed E-state index contributed by atoms with van der Waals surface area (Å²) < 4.78 is 34.5. The molecule has 1 aliphatic rings. The van der Waals surface area contributed by atoms with Gasteiger partial charge in [0, 0.05) is 43.2 Å². The molecule has 1 N–H and O–H groups in total. The molecular weight excluding hydrogens is 466 g/mol. The number of H-pyrrole nitrogens is 1. The van der Waals surface area contributed by atoms with Gasteiger partial charge in [-0.3, -0.25) is 9.69 Å². The lowest BCUT2D eigenvalue weighted by molar-refractivity contribution is -0.130. The highest BCUT2D eigenvalue weighted by Gasteiger charge is 2.24. The van der Waals surface area contributed by atoms with E-state index < -0.39 is 6.43 Å². The number of nitrogens with one attached hydrogen (secondary N) is 1. The zero-order chi connectivity index (χ0) is 25.4. The third kappa shape index (κ3) is 4.65. The summed E-state index contributed by atoms with van der Waals surface area (Å²) in [5.41, 5.74) is 4.45. The van der Waals surface area contributed by atoms with Crippen molar-refractivity contribution in [1.82, 2.24) is 29.4 Å². The first-order valence-corrected chi connectivity index (χ1v) is 12.1. The highest BCUT2D eigenvalue weighted by molar-refractivity contribution is 5.91. The number of aromatic amines is 1. The van der Waals surface area contributed by atoms with Crippen LogP contribution < -0.4 is 4.74 Å². The summed E-state index contributed by atoms with van der Waals surface area (Å²) in [6.07, 6.45) is 2.21. The van der Waals surface area contributed by atoms with Gasteiger partial charge in [0.2, 0.25) is 12.3 Å². The lowest BCUT2D eigenvalue weighted by atomic mass is 9.88. The summed E-state index contributed by atoms with van der Waals surface area (Å²) in [7, 11) is 5.09. The number of ether oxygens (including phenoxy) is 1. The number of alkyl halides is 2. The van der Waals surface area contributed by atoms with Crippen molar-refractivity contribution in [2.24, 2.45) is 0 Å². The lowest BCUT2D eigenvalue weighted by Gasteiger charge is -2.32. The molecular formula is C26H30F2N6O2. The van der Waals surface area contributed by atoms with Crippen molar-refractivity contribution in [3.05, 3.63) is 47.9 Å². The number of likely N-dealkylation sites (N-methyl/N-ethyl adjacent to an activating group) is 1. The molecule has 0 radical (unpaired) electrons. The van der Waals surface area contributed by atoms with E-state index in [0.29, 0.717) is 40.7 Å². The van der Waals surface area contributed by atoms with Crippen LogP contribution in [-0.4, -0.2) is 82.6 Å². The molecule has 1 saturated heterocycles. The third-order valence-corrected chi connectivity index (χ3v) is 7.06. The number of fused-ring (bicyclic) bond motifs is 2. The maximum atomic E-state index is 13.7. The molecule has 3 aromatic heterocycles. The smallest absolute Gasteiger partial charge is 0.242 e. The lowest BCUT2D eigenvalue weighted by Crippen LogP contribution is -2.40. The molecule has 1 aromatic carbocycles. The van der Waals surface area contributed by atoms with Crippen LogP contribution in [0, 0.1) is 0 Å². The van der Waals surface area contributed by atoms with E-state index in [9.17, 15) is 13.6 Å². The van der Waals surface area contributed by atoms with Crippen molar-refractivity contribution in [2.75, 3.05) is 40.8 Å². The van der Waals surface area contributed by atoms with Crippen LogP contribution in [0.1, 0.15) is 29.9 Å². The van der Waals surface area contributed by atoms with Crippen molar-refractivity contribution in [3.8, 4) is 17.0 Å². The first-order chi connectivity index (χ1) is 17.3. The van der Waals surface area contributed by atoms with Gasteiger partial charge in [-0.25, -0.2) is 18.3 Å². The third-order valence-electron chi connectivity index (χ3n) is 7.06. The fraction of sp³-hybridized carbons (Fsp3) is 0.423. The van der Waals surface area contributed by atoms with Gasteiger partial charge in [-0.05, 0) is 61.2 Å². The second-order valence-corrected chi connectivity index (χ2v) is 9.54. The number of hydrogen-bond acceptors (Lipinski definition) is 5. The molecule has 5 rings (SSSR count). The van der Waals surface area contributed by atoms with E-state index in [2.05, 4.69) is 32.1 Å². The Labute approximate surface area is 207 Å². The normalized spacial score (nSPS) is 15.3. The number of methoxy groups -OCH3 is 1. The summed E-state index contributed by atoms with van der Waals surface area (Å²) >= 11 is 0. The number of hydrogen-bond donors (Lipinski definition) is 1. The number of piperidine rings is 1. The maximum absolute atomic E-state index is 13.7. The fourth-order valence-electron chi connectivity index (χ4n) is 5.07. The van der Waals surface area contributed by atoms with Gasteiger partial charge in [0.1, 0.15) is 6.33 Å². The second kappa shape index (κ2) is 9.85. The standard InChI is InChI=1S/C26H30F2N6O2/c1-32(2)24(35)14-33-8-6-16(7-9-33)17-4-5-21-19(10-17)20(12-23(27)28)25(31-21)18-11-22(36-3)26-29-15-30-34(26)13-18/h4-5,10-11,13,15-16,23,31H,6-9,12,14H2,1-3H3. The molecule has 4 heterocycles. The second-order valence-electron chi connectivity index (χ2n) is 9.54. The van der Waals surface area contributed by atoms with E-state index in [0.717, 1.165) is 42.4 Å². The Bertz CT molecular complexity index is 1390. The highest BCUT2D eigenvalue weighted by atomic mass is 19.3. The van der Waals surface area contributed by atoms with Gasteiger partial charge in [-0.15, -0.1) is 0 Å². The average Bonchev–Trinajstić information content (AvgIpc) is 3.48. The monoisotopic (exact) mass is 496 g/mol. The SMILES string of the molecule is COc1cc(-c2[nH]c3ccc(C4CCN(CC(=O)N(C)C)CC4)cc3c2CC(F)F)cn2ncnc12. The number of nitrogens with zero attached hydrogens (tertiary/aromatic N) is 5. The van der Waals surface area contributed by atoms with Crippen molar-refractivity contribution >= 4 is 22.5 Å². The van der Waals surface area contributed by atoms with Crippen LogP contribution in [-0.2, 0) is 11.2 Å². The molecule has 10 heteroatoms. The van der Waals surface area contributed by atoms with Crippen LogP contribution in [0.15, 0.2) is 36.8 Å². The van der Waals surface area contributed by atoms with Crippen LogP contribution in [0.3, 0.4) is 0 Å². The van der Waals surface area contributed by atoms with E-state index in [4.69, 9.17) is 4.74 Å². The first-order valence-electron chi connectivity index (χ1n) is 12.1. The number of aromatic nitrogens is 4. The Morgan fingerprint density at radius 3 is 2.72 bits per heavy atom. The predicted octanol–water partition coefficient (Wildman–Crippen LogP) is 3.96. The van der Waals surface area contributed by atoms with E-state index in [1.54, 1.807) is 42.9 Å². The highest BCUT2D eigenvalue weighted by Crippen LogP contribution is 2.37. The Hall–Kier alpha value is -3.53. The Kier molecular flexibility index (Phi) is 6.61. The molecule has 190 valence electrons. The number of likely N-dealkylation sites (tertiary alicyclic amines) is 1. The fourth-order valence-corrected chi connectivity index (χ4v) is 5.07. The maximum Gasteiger partial charge on any atom is 0.242 e. The quantitative estimate of drug-likeness (QED) is 0.419. The van der Waals surface area contributed by atoms with E-state index in [-0.39, 0.29) is 12.3 Å². The van der Waals surface area contributed by atoms with Crippen LogP contribution in [0.5, 0.6) is 5.75 Å². The summed E-state index contributed by atoms with van der Waals surface area (Å²) in [6, 6.07) is 7.93. The summed E-state index contributed by atoms with van der Waals surface area (Å²) in [5.74, 6) is 0.948. The summed E-state index contributed by atoms with van der Waals surface area (Å²) in [4.78, 5) is 23.4. The van der Waals surface area contributed by atoms with Crippen LogP contribution in [0.25, 0.3) is 27.8 Å². The predicted molar refractivity (Wildman–Crippen MR) is 134 cm³/mol. The zero-order valence-corrected chi connectivity index (χ0v) is 20.7. The van der Waals surface area contributed by atoms with E-state index >= 15 is 0 Å².